The molecule has 0 saturated carbocycles. The van der Waals surface area contributed by atoms with Crippen LogP contribution in [0, 0.1) is 0 Å². The van der Waals surface area contributed by atoms with Gasteiger partial charge in [-0.1, -0.05) is 12.1 Å². The fraction of sp³-hybridized carbons (Fsp3) is 0.364. The number of ether oxygens (including phenoxy) is 2. The number of hydrogen-bond acceptors (Lipinski definition) is 4. The van der Waals surface area contributed by atoms with E-state index >= 15 is 0 Å². The molecular weight excluding hydrogens is 192 g/mol. The molecule has 0 heterocycles. The highest BCUT2D eigenvalue weighted by Crippen LogP contribution is 2.11. The quantitative estimate of drug-likeness (QED) is 0.561. The molecule has 2 N–H and O–H groups in total. The van der Waals surface area contributed by atoms with Crippen molar-refractivity contribution in [1.82, 2.24) is 0 Å². The summed E-state index contributed by atoms with van der Waals surface area (Å²) in [6.45, 7) is 1.43. The maximum Gasteiger partial charge on any atom is 0.120 e. The van der Waals surface area contributed by atoms with Crippen molar-refractivity contribution >= 4 is 6.21 Å². The molecule has 0 atom stereocenters. The topological polar surface area (TPSA) is 56.8 Å². The largest absolute Gasteiger partial charge is 0.491 e. The maximum atomic E-state index is 5.45. The molecule has 4 nitrogen and oxygen atoms in total. The average Bonchev–Trinajstić information content (AvgIpc) is 2.27. The monoisotopic (exact) mass is 208 g/mol. The number of hydrogen-bond donors (Lipinski definition) is 1. The van der Waals surface area contributed by atoms with Crippen molar-refractivity contribution in [3.05, 3.63) is 29.8 Å². The molecule has 82 valence electrons. The summed E-state index contributed by atoms with van der Waals surface area (Å²) < 4.78 is 10.3. The summed E-state index contributed by atoms with van der Waals surface area (Å²) in [5.74, 6) is 0.813. The van der Waals surface area contributed by atoms with E-state index in [9.17, 15) is 0 Å². The molecule has 1 rings (SSSR count). The number of methoxy groups -OCH3 is 1. The molecule has 0 bridgehead atoms. The van der Waals surface area contributed by atoms with Gasteiger partial charge < -0.3 is 15.2 Å². The Labute approximate surface area is 89.7 Å². The Hall–Kier alpha value is -1.39. The molecule has 0 spiro atoms. The van der Waals surface area contributed by atoms with Crippen LogP contribution in [0.1, 0.15) is 5.56 Å². The number of aliphatic imine (C=N–C) groups is 1. The van der Waals surface area contributed by atoms with E-state index in [0.717, 1.165) is 11.3 Å². The fourth-order valence-electron chi connectivity index (χ4n) is 1.09. The molecule has 0 fully saturated rings. The Bertz CT molecular complexity index is 313. The van der Waals surface area contributed by atoms with E-state index in [0.29, 0.717) is 19.9 Å². The first-order valence-electron chi connectivity index (χ1n) is 4.78. The number of nitrogens with two attached hydrogens (primary N) is 1. The zero-order chi connectivity index (χ0) is 10.9. The number of nitrogens with zero attached hydrogens (tertiary/aromatic N) is 1. The van der Waals surface area contributed by atoms with Crippen LogP contribution in [0.5, 0.6) is 5.75 Å². The molecule has 1 aromatic rings. The molecule has 0 aliphatic carbocycles. The van der Waals surface area contributed by atoms with Gasteiger partial charge in [0.15, 0.2) is 0 Å². The Balaban J connectivity index is 2.53. The summed E-state index contributed by atoms with van der Waals surface area (Å²) in [6, 6.07) is 7.67. The van der Waals surface area contributed by atoms with Crippen molar-refractivity contribution in [1.29, 1.82) is 0 Å². The van der Waals surface area contributed by atoms with E-state index in [1.807, 2.05) is 24.3 Å². The third-order valence-electron chi connectivity index (χ3n) is 1.76. The maximum absolute atomic E-state index is 5.45. The lowest BCUT2D eigenvalue weighted by atomic mass is 10.2. The van der Waals surface area contributed by atoms with Crippen LogP contribution in [0.25, 0.3) is 0 Å². The molecular formula is C11H16N2O2. The van der Waals surface area contributed by atoms with Gasteiger partial charge in [0.2, 0.25) is 0 Å². The lowest BCUT2D eigenvalue weighted by Crippen LogP contribution is -2.04. The molecule has 0 aliphatic rings. The number of benzene rings is 1. The van der Waals surface area contributed by atoms with Gasteiger partial charge in [-0.05, 0) is 17.7 Å². The molecule has 0 amide bonds. The van der Waals surface area contributed by atoms with Crippen molar-refractivity contribution in [2.45, 2.75) is 0 Å². The lowest BCUT2D eigenvalue weighted by Gasteiger charge is -2.05. The van der Waals surface area contributed by atoms with Crippen LogP contribution in [0.3, 0.4) is 0 Å². The van der Waals surface area contributed by atoms with Crippen LogP contribution in [0.15, 0.2) is 29.3 Å². The summed E-state index contributed by atoms with van der Waals surface area (Å²) >= 11 is 0. The predicted molar refractivity (Wildman–Crippen MR) is 60.5 cm³/mol. The van der Waals surface area contributed by atoms with Crippen LogP contribution in [0.4, 0.5) is 0 Å². The average molecular weight is 208 g/mol. The van der Waals surface area contributed by atoms with E-state index in [2.05, 4.69) is 4.99 Å². The summed E-state index contributed by atoms with van der Waals surface area (Å²) in [5, 5.41) is 0. The summed E-state index contributed by atoms with van der Waals surface area (Å²) in [7, 11) is 1.65. The van der Waals surface area contributed by atoms with E-state index in [1.165, 1.54) is 0 Å². The standard InChI is InChI=1S/C11H16N2O2/c1-14-5-6-15-11-4-2-3-10(7-11)8-13-9-12/h2-4,7-8H,5-6,9,12H2,1H3. The van der Waals surface area contributed by atoms with Crippen LogP contribution < -0.4 is 10.5 Å². The van der Waals surface area contributed by atoms with Crippen molar-refractivity contribution < 1.29 is 9.47 Å². The van der Waals surface area contributed by atoms with Gasteiger partial charge >= 0.3 is 0 Å². The molecule has 0 saturated heterocycles. The fourth-order valence-corrected chi connectivity index (χ4v) is 1.09. The molecule has 4 heteroatoms. The van der Waals surface area contributed by atoms with Gasteiger partial charge in [0, 0.05) is 13.3 Å². The minimum absolute atomic E-state index is 0.300. The third kappa shape index (κ3) is 4.58. The first-order chi connectivity index (χ1) is 7.36. The minimum atomic E-state index is 0.300. The second-order valence-electron chi connectivity index (χ2n) is 2.91. The van der Waals surface area contributed by atoms with Gasteiger partial charge in [0.05, 0.1) is 13.3 Å². The van der Waals surface area contributed by atoms with E-state index in [1.54, 1.807) is 13.3 Å². The Morgan fingerprint density at radius 2 is 2.27 bits per heavy atom. The van der Waals surface area contributed by atoms with Gasteiger partial charge in [-0.25, -0.2) is 0 Å². The molecule has 1 aromatic carbocycles. The second kappa shape index (κ2) is 6.98. The van der Waals surface area contributed by atoms with Gasteiger partial charge in [0.1, 0.15) is 12.4 Å². The normalized spacial score (nSPS) is 10.8. The van der Waals surface area contributed by atoms with Crippen LogP contribution in [0.2, 0.25) is 0 Å². The zero-order valence-electron chi connectivity index (χ0n) is 8.85. The van der Waals surface area contributed by atoms with Crippen molar-refractivity contribution in [3.63, 3.8) is 0 Å². The molecule has 0 aromatic heterocycles. The van der Waals surface area contributed by atoms with Crippen molar-refractivity contribution in [3.8, 4) is 5.75 Å². The first-order valence-corrected chi connectivity index (χ1v) is 4.78. The lowest BCUT2D eigenvalue weighted by molar-refractivity contribution is 0.146. The Kier molecular flexibility index (Phi) is 5.43. The van der Waals surface area contributed by atoms with Crippen molar-refractivity contribution in [2.75, 3.05) is 27.0 Å². The highest BCUT2D eigenvalue weighted by atomic mass is 16.5. The molecule has 0 radical (unpaired) electrons. The van der Waals surface area contributed by atoms with Crippen LogP contribution in [-0.2, 0) is 4.74 Å². The van der Waals surface area contributed by atoms with E-state index < -0.39 is 0 Å². The molecule has 0 aliphatic heterocycles. The number of rotatable bonds is 6. The molecule has 0 unspecified atom stereocenters. The molecule has 15 heavy (non-hydrogen) atoms. The Morgan fingerprint density at radius 1 is 1.40 bits per heavy atom. The van der Waals surface area contributed by atoms with E-state index in [-0.39, 0.29) is 0 Å². The van der Waals surface area contributed by atoms with Crippen LogP contribution in [-0.4, -0.2) is 33.2 Å². The SMILES string of the molecule is COCCOc1cccc(C=NCN)c1. The summed E-state index contributed by atoms with van der Waals surface area (Å²) in [5.41, 5.74) is 6.25. The van der Waals surface area contributed by atoms with Gasteiger partial charge in [-0.2, -0.15) is 0 Å². The van der Waals surface area contributed by atoms with Gasteiger partial charge in [0.25, 0.3) is 0 Å². The summed E-state index contributed by atoms with van der Waals surface area (Å²) in [6.07, 6.45) is 1.73. The zero-order valence-corrected chi connectivity index (χ0v) is 8.85. The Morgan fingerprint density at radius 3 is 3.00 bits per heavy atom. The van der Waals surface area contributed by atoms with Gasteiger partial charge in [-0.3, -0.25) is 4.99 Å². The highest BCUT2D eigenvalue weighted by Gasteiger charge is 1.94. The third-order valence-corrected chi connectivity index (χ3v) is 1.76. The van der Waals surface area contributed by atoms with E-state index in [4.69, 9.17) is 15.2 Å². The second-order valence-corrected chi connectivity index (χ2v) is 2.91. The highest BCUT2D eigenvalue weighted by molar-refractivity contribution is 5.80. The predicted octanol–water partition coefficient (Wildman–Crippen LogP) is 1.05. The summed E-state index contributed by atoms with van der Waals surface area (Å²) in [4.78, 5) is 3.95. The minimum Gasteiger partial charge on any atom is -0.491 e. The first kappa shape index (κ1) is 11.7. The van der Waals surface area contributed by atoms with Crippen molar-refractivity contribution in [2.24, 2.45) is 10.7 Å². The van der Waals surface area contributed by atoms with Crippen LogP contribution >= 0.6 is 0 Å². The van der Waals surface area contributed by atoms with Gasteiger partial charge in [-0.15, -0.1) is 0 Å². The smallest absolute Gasteiger partial charge is 0.120 e.